The largest absolute Gasteiger partial charge is 0.340 e. The van der Waals surface area contributed by atoms with E-state index >= 15 is 0 Å². The molecule has 2 aliphatic heterocycles. The van der Waals surface area contributed by atoms with Gasteiger partial charge in [-0.15, -0.1) is 0 Å². The predicted molar refractivity (Wildman–Crippen MR) is 185 cm³/mol. The molecule has 0 bridgehead atoms. The fourth-order valence-corrected chi connectivity index (χ4v) is 6.93. The van der Waals surface area contributed by atoms with Gasteiger partial charge in [-0.05, 0) is 50.9 Å². The minimum Gasteiger partial charge on any atom is -0.340 e. The Bertz CT molecular complexity index is 2040. The zero-order valence-corrected chi connectivity index (χ0v) is 26.8. The molecule has 48 heavy (non-hydrogen) atoms. The second-order valence-corrected chi connectivity index (χ2v) is 12.2. The number of rotatable bonds is 7. The van der Waals surface area contributed by atoms with Gasteiger partial charge in [0.1, 0.15) is 12.2 Å². The molecule has 10 heteroatoms. The van der Waals surface area contributed by atoms with Crippen molar-refractivity contribution < 1.29 is 19.2 Å². The molecule has 2 heterocycles. The predicted octanol–water partition coefficient (Wildman–Crippen LogP) is 4.86. The molecule has 2 saturated heterocycles. The molecule has 5 amide bonds. The van der Waals surface area contributed by atoms with Crippen molar-refractivity contribution in [1.29, 1.82) is 0 Å². The van der Waals surface area contributed by atoms with Gasteiger partial charge in [0.15, 0.2) is 0 Å². The number of fused-ring (bicyclic) bond motifs is 3. The standard InChI is InChI=1S/C38H36N6O4/c1-39-38(48)41(2)43-24-35(45)44-33(37(47)42(23-34(43)44)22-28-13-7-11-26-9-3-5-14-30(26)28)21-25-17-19-29(20-18-25)40-36(46)32-16-8-12-27-10-4-6-15-31(27)32/h3-20,33-34H,21-24H2,1-2H3,(H,39,48)(H,40,46)/t33-,34+/m0/s1. The molecule has 10 nitrogen and oxygen atoms in total. The Kier molecular flexibility index (Phi) is 8.24. The summed E-state index contributed by atoms with van der Waals surface area (Å²) in [7, 11) is 3.17. The third-order valence-corrected chi connectivity index (χ3v) is 9.38. The second-order valence-electron chi connectivity index (χ2n) is 12.2. The van der Waals surface area contributed by atoms with Crippen molar-refractivity contribution in [3.05, 3.63) is 126 Å². The number of hydrogen-bond acceptors (Lipinski definition) is 5. The van der Waals surface area contributed by atoms with Gasteiger partial charge in [0.2, 0.25) is 11.8 Å². The quantitative estimate of drug-likeness (QED) is 0.265. The van der Waals surface area contributed by atoms with Crippen LogP contribution in [0, 0.1) is 0 Å². The maximum absolute atomic E-state index is 14.3. The van der Waals surface area contributed by atoms with E-state index in [1.165, 1.54) is 5.01 Å². The molecule has 5 aromatic carbocycles. The van der Waals surface area contributed by atoms with Crippen molar-refractivity contribution in [2.24, 2.45) is 0 Å². The summed E-state index contributed by atoms with van der Waals surface area (Å²) in [6.07, 6.45) is -0.237. The van der Waals surface area contributed by atoms with Gasteiger partial charge in [-0.25, -0.2) is 4.79 Å². The van der Waals surface area contributed by atoms with Crippen LogP contribution in [0.15, 0.2) is 109 Å². The first-order chi connectivity index (χ1) is 23.3. The molecule has 2 atom stereocenters. The first-order valence-corrected chi connectivity index (χ1v) is 16.0. The van der Waals surface area contributed by atoms with Crippen LogP contribution in [0.5, 0.6) is 0 Å². The second kappa shape index (κ2) is 12.8. The fourth-order valence-electron chi connectivity index (χ4n) is 6.93. The summed E-state index contributed by atoms with van der Waals surface area (Å²) >= 11 is 0. The highest BCUT2D eigenvalue weighted by Crippen LogP contribution is 2.31. The number of hydrogen-bond donors (Lipinski definition) is 2. The summed E-state index contributed by atoms with van der Waals surface area (Å²) in [4.78, 5) is 57.1. The summed E-state index contributed by atoms with van der Waals surface area (Å²) in [6.45, 7) is 0.607. The van der Waals surface area contributed by atoms with Crippen LogP contribution >= 0.6 is 0 Å². The third kappa shape index (κ3) is 5.71. The summed E-state index contributed by atoms with van der Waals surface area (Å²) in [6, 6.07) is 33.8. The molecule has 0 aliphatic carbocycles. The lowest BCUT2D eigenvalue weighted by Gasteiger charge is -2.45. The normalized spacial score (nSPS) is 17.9. The Labute approximate surface area is 278 Å². The number of nitrogens with zero attached hydrogens (tertiary/aromatic N) is 4. The Hall–Kier alpha value is -5.74. The highest BCUT2D eigenvalue weighted by Gasteiger charge is 2.51. The van der Waals surface area contributed by atoms with Crippen LogP contribution in [0.4, 0.5) is 10.5 Å². The summed E-state index contributed by atoms with van der Waals surface area (Å²) in [5.74, 6) is -0.569. The molecule has 0 spiro atoms. The summed E-state index contributed by atoms with van der Waals surface area (Å²) in [5, 5.41) is 12.8. The van der Waals surface area contributed by atoms with E-state index in [9.17, 15) is 19.2 Å². The van der Waals surface area contributed by atoms with Crippen molar-refractivity contribution >= 4 is 51.0 Å². The Morgan fingerprint density at radius 2 is 1.46 bits per heavy atom. The van der Waals surface area contributed by atoms with E-state index in [0.717, 1.165) is 32.7 Å². The minimum atomic E-state index is -0.773. The fraction of sp³-hybridized carbons (Fsp3) is 0.211. The zero-order chi connectivity index (χ0) is 33.4. The lowest BCUT2D eigenvalue weighted by atomic mass is 9.98. The van der Waals surface area contributed by atoms with E-state index in [1.54, 1.807) is 35.0 Å². The van der Waals surface area contributed by atoms with Gasteiger partial charge in [-0.2, -0.15) is 5.01 Å². The van der Waals surface area contributed by atoms with Gasteiger partial charge >= 0.3 is 6.03 Å². The van der Waals surface area contributed by atoms with Crippen LogP contribution in [0.3, 0.4) is 0 Å². The van der Waals surface area contributed by atoms with Gasteiger partial charge in [0, 0.05) is 38.3 Å². The smallest absolute Gasteiger partial charge is 0.331 e. The number of carbonyl (C=O) groups is 4. The molecule has 242 valence electrons. The van der Waals surface area contributed by atoms with Gasteiger partial charge in [-0.1, -0.05) is 91.0 Å². The van der Waals surface area contributed by atoms with Gasteiger partial charge < -0.3 is 20.4 Å². The number of benzene rings is 5. The first kappa shape index (κ1) is 30.9. The summed E-state index contributed by atoms with van der Waals surface area (Å²) in [5.41, 5.74) is 3.06. The van der Waals surface area contributed by atoms with Crippen molar-refractivity contribution in [2.45, 2.75) is 25.2 Å². The van der Waals surface area contributed by atoms with E-state index in [0.29, 0.717) is 17.8 Å². The number of hydrazine groups is 1. The third-order valence-electron chi connectivity index (χ3n) is 9.38. The molecule has 0 radical (unpaired) electrons. The van der Waals surface area contributed by atoms with Gasteiger partial charge in [0.05, 0.1) is 13.1 Å². The van der Waals surface area contributed by atoms with Gasteiger partial charge in [0.25, 0.3) is 5.91 Å². The lowest BCUT2D eigenvalue weighted by molar-refractivity contribution is -0.157. The highest BCUT2D eigenvalue weighted by atomic mass is 16.2. The van der Waals surface area contributed by atoms with E-state index in [1.807, 2.05) is 103 Å². The molecule has 0 aromatic heterocycles. The maximum atomic E-state index is 14.3. The zero-order valence-electron chi connectivity index (χ0n) is 26.8. The first-order valence-electron chi connectivity index (χ1n) is 16.0. The van der Waals surface area contributed by atoms with E-state index in [4.69, 9.17) is 0 Å². The molecular weight excluding hydrogens is 604 g/mol. The molecular formula is C38H36N6O4. The topological polar surface area (TPSA) is 105 Å². The van der Waals surface area contributed by atoms with Crippen LogP contribution in [0.1, 0.15) is 21.5 Å². The number of amides is 5. The number of nitrogens with one attached hydrogen (secondary N) is 2. The number of piperazine rings is 1. The van der Waals surface area contributed by atoms with Crippen LogP contribution in [0.2, 0.25) is 0 Å². The van der Waals surface area contributed by atoms with Crippen LogP contribution in [-0.4, -0.2) is 83.0 Å². The molecule has 2 N–H and O–H groups in total. The van der Waals surface area contributed by atoms with E-state index < -0.39 is 12.2 Å². The highest BCUT2D eigenvalue weighted by molar-refractivity contribution is 6.13. The Morgan fingerprint density at radius 1 is 0.812 bits per heavy atom. The average Bonchev–Trinajstić information content (AvgIpc) is 3.45. The molecule has 0 saturated carbocycles. The van der Waals surface area contributed by atoms with Crippen LogP contribution < -0.4 is 10.6 Å². The van der Waals surface area contributed by atoms with E-state index in [2.05, 4.69) is 10.6 Å². The number of carbonyl (C=O) groups excluding carboxylic acids is 4. The number of anilines is 1. The molecule has 0 unspecified atom stereocenters. The van der Waals surface area contributed by atoms with Gasteiger partial charge in [-0.3, -0.25) is 19.4 Å². The molecule has 5 aromatic rings. The monoisotopic (exact) mass is 640 g/mol. The van der Waals surface area contributed by atoms with Crippen molar-refractivity contribution in [3.63, 3.8) is 0 Å². The van der Waals surface area contributed by atoms with Crippen LogP contribution in [0.25, 0.3) is 21.5 Å². The average molecular weight is 641 g/mol. The van der Waals surface area contributed by atoms with E-state index in [-0.39, 0.29) is 43.3 Å². The Morgan fingerprint density at radius 3 is 2.19 bits per heavy atom. The molecule has 7 rings (SSSR count). The Balaban J connectivity index is 1.15. The van der Waals surface area contributed by atoms with Crippen molar-refractivity contribution in [3.8, 4) is 0 Å². The number of urea groups is 1. The SMILES string of the molecule is CNC(=O)N(C)N1CC(=O)N2[C@@H](Cc3ccc(NC(=O)c4cccc5ccccc45)cc3)C(=O)N(Cc3cccc4ccccc34)C[C@@H]21. The summed E-state index contributed by atoms with van der Waals surface area (Å²) < 4.78 is 0. The lowest BCUT2D eigenvalue weighted by Crippen LogP contribution is -2.65. The molecule has 2 aliphatic rings. The maximum Gasteiger partial charge on any atom is 0.331 e. The van der Waals surface area contributed by atoms with Crippen LogP contribution in [-0.2, 0) is 22.6 Å². The minimum absolute atomic E-state index is 0.0143. The van der Waals surface area contributed by atoms with Crippen molar-refractivity contribution in [2.75, 3.05) is 32.5 Å². The molecule has 2 fully saturated rings. The van der Waals surface area contributed by atoms with Crippen molar-refractivity contribution in [1.82, 2.24) is 25.1 Å².